The van der Waals surface area contributed by atoms with Crippen molar-refractivity contribution in [1.82, 2.24) is 0 Å². The van der Waals surface area contributed by atoms with E-state index in [9.17, 15) is 28.4 Å². The van der Waals surface area contributed by atoms with E-state index in [1.165, 1.54) is 30.3 Å². The minimum absolute atomic E-state index is 0.0834. The van der Waals surface area contributed by atoms with Crippen molar-refractivity contribution in [2.45, 2.75) is 4.90 Å². The first-order chi connectivity index (χ1) is 11.7. The molecule has 0 unspecified atom stereocenters. The lowest BCUT2D eigenvalue weighted by molar-refractivity contribution is -0.400. The summed E-state index contributed by atoms with van der Waals surface area (Å²) in [6.07, 6.45) is 1.95. The number of carbonyl (C=O) groups is 1. The Labute approximate surface area is 141 Å². The van der Waals surface area contributed by atoms with Crippen LogP contribution in [0.5, 0.6) is 11.5 Å². The normalized spacial score (nSPS) is 11.4. The Morgan fingerprint density at radius 1 is 1.16 bits per heavy atom. The molecule has 10 heteroatoms. The van der Waals surface area contributed by atoms with Crippen LogP contribution in [0.25, 0.3) is 6.08 Å². The van der Waals surface area contributed by atoms with Crippen LogP contribution in [-0.2, 0) is 10.1 Å². The van der Waals surface area contributed by atoms with Crippen LogP contribution >= 0.6 is 0 Å². The van der Waals surface area contributed by atoms with E-state index in [-0.39, 0.29) is 11.3 Å². The fourth-order valence-electron chi connectivity index (χ4n) is 1.81. The third-order valence-corrected chi connectivity index (χ3v) is 4.25. The quantitative estimate of drug-likeness (QED) is 0.450. The highest BCUT2D eigenvalue weighted by Gasteiger charge is 2.22. The zero-order chi connectivity index (χ0) is 18.6. The maximum atomic E-state index is 12.2. The predicted molar refractivity (Wildman–Crippen MR) is 85.4 cm³/mol. The molecule has 2 aromatic rings. The second kappa shape index (κ2) is 7.01. The third-order valence-electron chi connectivity index (χ3n) is 2.95. The number of carboxylic acid groups (broad SMARTS) is 1. The molecular weight excluding hydrogens is 354 g/mol. The summed E-state index contributed by atoms with van der Waals surface area (Å²) in [6, 6.07) is 8.09. The van der Waals surface area contributed by atoms with Gasteiger partial charge in [0.25, 0.3) is 0 Å². The van der Waals surface area contributed by atoms with Gasteiger partial charge in [0.1, 0.15) is 16.4 Å². The van der Waals surface area contributed by atoms with Gasteiger partial charge >= 0.3 is 16.1 Å². The highest BCUT2D eigenvalue weighted by molar-refractivity contribution is 7.87. The van der Waals surface area contributed by atoms with Crippen LogP contribution in [0.15, 0.2) is 53.6 Å². The second-order valence-corrected chi connectivity index (χ2v) is 6.21. The Morgan fingerprint density at radius 2 is 1.80 bits per heavy atom. The van der Waals surface area contributed by atoms with Crippen LogP contribution in [0.1, 0.15) is 15.9 Å². The lowest BCUT2D eigenvalue weighted by Crippen LogP contribution is -2.10. The van der Waals surface area contributed by atoms with Crippen molar-refractivity contribution in [3.05, 3.63) is 69.9 Å². The molecule has 2 N–H and O–H groups in total. The summed E-state index contributed by atoms with van der Waals surface area (Å²) in [6.45, 7) is 0. The number of nitro groups is 1. The van der Waals surface area contributed by atoms with Gasteiger partial charge in [-0.1, -0.05) is 12.1 Å². The van der Waals surface area contributed by atoms with Gasteiger partial charge in [0.2, 0.25) is 6.20 Å². The van der Waals surface area contributed by atoms with Gasteiger partial charge in [-0.25, -0.2) is 4.79 Å². The van der Waals surface area contributed by atoms with Crippen molar-refractivity contribution in [3.8, 4) is 11.5 Å². The van der Waals surface area contributed by atoms with Crippen LogP contribution in [0, 0.1) is 10.1 Å². The van der Waals surface area contributed by atoms with Crippen molar-refractivity contribution in [1.29, 1.82) is 0 Å². The van der Waals surface area contributed by atoms with Crippen LogP contribution in [-0.4, -0.2) is 29.5 Å². The maximum Gasteiger partial charge on any atom is 0.342 e. The Hall–Kier alpha value is -3.40. The number of phenolic OH excluding ortho intramolecular Hbond substituents is 1. The summed E-state index contributed by atoms with van der Waals surface area (Å²) in [5.41, 5.74) is 0.175. The number of aromatic hydroxyl groups is 1. The average molecular weight is 365 g/mol. The fourth-order valence-corrected chi connectivity index (χ4v) is 2.82. The van der Waals surface area contributed by atoms with Gasteiger partial charge in [-0.3, -0.25) is 10.1 Å². The molecule has 2 aromatic carbocycles. The van der Waals surface area contributed by atoms with E-state index in [1.54, 1.807) is 0 Å². The number of hydrogen-bond donors (Lipinski definition) is 2. The smallest absolute Gasteiger partial charge is 0.342 e. The largest absolute Gasteiger partial charge is 0.506 e. The Kier molecular flexibility index (Phi) is 5.03. The molecule has 0 heterocycles. The van der Waals surface area contributed by atoms with Gasteiger partial charge in [0.05, 0.1) is 10.5 Å². The first-order valence-corrected chi connectivity index (χ1v) is 8.02. The first kappa shape index (κ1) is 17.9. The molecule has 0 amide bonds. The van der Waals surface area contributed by atoms with Gasteiger partial charge in [0, 0.05) is 6.08 Å². The molecule has 0 radical (unpaired) electrons. The molecule has 0 aliphatic heterocycles. The van der Waals surface area contributed by atoms with E-state index in [0.29, 0.717) is 5.56 Å². The fraction of sp³-hybridized carbons (Fsp3) is 0. The minimum atomic E-state index is -4.39. The molecule has 0 bridgehead atoms. The molecule has 0 saturated carbocycles. The molecule has 0 aromatic heterocycles. The zero-order valence-corrected chi connectivity index (χ0v) is 13.2. The van der Waals surface area contributed by atoms with Gasteiger partial charge in [-0.2, -0.15) is 8.42 Å². The number of hydrogen-bond acceptors (Lipinski definition) is 7. The molecule has 0 fully saturated rings. The van der Waals surface area contributed by atoms with Crippen molar-refractivity contribution in [3.63, 3.8) is 0 Å². The van der Waals surface area contributed by atoms with Crippen molar-refractivity contribution in [2.75, 3.05) is 0 Å². The topological polar surface area (TPSA) is 144 Å². The van der Waals surface area contributed by atoms with Crippen LogP contribution < -0.4 is 4.18 Å². The molecule has 130 valence electrons. The predicted octanol–water partition coefficient (Wildman–Crippen LogP) is 2.11. The van der Waals surface area contributed by atoms with E-state index >= 15 is 0 Å². The zero-order valence-electron chi connectivity index (χ0n) is 12.4. The summed E-state index contributed by atoms with van der Waals surface area (Å²) >= 11 is 0. The molecule has 0 aliphatic rings. The van der Waals surface area contributed by atoms with Crippen LogP contribution in [0.2, 0.25) is 0 Å². The summed E-state index contributed by atoms with van der Waals surface area (Å²) in [7, 11) is -4.39. The van der Waals surface area contributed by atoms with E-state index in [2.05, 4.69) is 0 Å². The lowest BCUT2D eigenvalue weighted by Gasteiger charge is -2.09. The van der Waals surface area contributed by atoms with Gasteiger partial charge < -0.3 is 14.4 Å². The molecule has 25 heavy (non-hydrogen) atoms. The van der Waals surface area contributed by atoms with Crippen molar-refractivity contribution >= 4 is 22.2 Å². The minimum Gasteiger partial charge on any atom is -0.506 e. The van der Waals surface area contributed by atoms with Gasteiger partial charge in [-0.05, 0) is 35.9 Å². The number of benzene rings is 2. The van der Waals surface area contributed by atoms with Gasteiger partial charge in [-0.15, -0.1) is 0 Å². The third kappa shape index (κ3) is 4.54. The van der Waals surface area contributed by atoms with Crippen LogP contribution in [0.3, 0.4) is 0 Å². The van der Waals surface area contributed by atoms with E-state index in [0.717, 1.165) is 24.4 Å². The number of aromatic carboxylic acids is 1. The number of phenols is 1. The Morgan fingerprint density at radius 3 is 2.32 bits per heavy atom. The summed E-state index contributed by atoms with van der Waals surface area (Å²) < 4.78 is 29.2. The summed E-state index contributed by atoms with van der Waals surface area (Å²) in [4.78, 5) is 19.8. The standard InChI is InChI=1S/C15H11NO8S/c17-13-9-11(15(18)19)3-6-14(13)25(22,23)24-12-4-1-10(2-5-12)7-8-16(20)21/h1-9,17H,(H,18,19)/b8-7+. The first-order valence-electron chi connectivity index (χ1n) is 6.61. The molecule has 0 aliphatic carbocycles. The second-order valence-electron chi connectivity index (χ2n) is 4.70. The average Bonchev–Trinajstić information content (AvgIpc) is 2.53. The van der Waals surface area contributed by atoms with Crippen molar-refractivity contribution < 1.29 is 32.5 Å². The Bertz CT molecular complexity index is 948. The number of rotatable bonds is 6. The molecular formula is C15H11NO8S. The number of nitrogens with zero attached hydrogens (tertiary/aromatic N) is 1. The SMILES string of the molecule is O=C(O)c1ccc(S(=O)(=O)Oc2ccc(/C=C/[N+](=O)[O-])cc2)c(O)c1. The molecule has 9 nitrogen and oxygen atoms in total. The Balaban J connectivity index is 2.24. The summed E-state index contributed by atoms with van der Waals surface area (Å²) in [5, 5.41) is 28.8. The van der Waals surface area contributed by atoms with Gasteiger partial charge in [0.15, 0.2) is 0 Å². The van der Waals surface area contributed by atoms with E-state index in [4.69, 9.17) is 9.29 Å². The molecule has 0 atom stereocenters. The van der Waals surface area contributed by atoms with E-state index in [1.807, 2.05) is 0 Å². The summed E-state index contributed by atoms with van der Waals surface area (Å²) in [5.74, 6) is -2.16. The highest BCUT2D eigenvalue weighted by atomic mass is 32.2. The van der Waals surface area contributed by atoms with Crippen molar-refractivity contribution in [2.24, 2.45) is 0 Å². The monoisotopic (exact) mass is 365 g/mol. The molecule has 0 saturated heterocycles. The maximum absolute atomic E-state index is 12.2. The number of carboxylic acids is 1. The highest BCUT2D eigenvalue weighted by Crippen LogP contribution is 2.27. The molecule has 0 spiro atoms. The lowest BCUT2D eigenvalue weighted by atomic mass is 10.2. The molecule has 2 rings (SSSR count). The van der Waals surface area contributed by atoms with Crippen LogP contribution in [0.4, 0.5) is 0 Å². The van der Waals surface area contributed by atoms with E-state index < -0.39 is 31.7 Å².